The fourth-order valence-corrected chi connectivity index (χ4v) is 2.73. The first-order valence-electron chi connectivity index (χ1n) is 10.6. The zero-order valence-corrected chi connectivity index (χ0v) is 19.2. The van der Waals surface area contributed by atoms with Crippen molar-refractivity contribution in [2.75, 3.05) is 19.8 Å². The molecule has 0 unspecified atom stereocenters. The number of amides is 1. The molecule has 0 aliphatic rings. The van der Waals surface area contributed by atoms with E-state index in [0.717, 1.165) is 30.6 Å². The fraction of sp³-hybridized carbons (Fsp3) is 0.609. The number of carbonyl (C=O) groups excluding carboxylic acids is 1. The average Bonchev–Trinajstić information content (AvgIpc) is 2.69. The van der Waals surface area contributed by atoms with Gasteiger partial charge in [0.25, 0.3) is 0 Å². The number of benzene rings is 1. The van der Waals surface area contributed by atoms with Crippen molar-refractivity contribution in [1.29, 1.82) is 0 Å². The molecule has 30 heavy (non-hydrogen) atoms. The Morgan fingerprint density at radius 2 is 1.57 bits per heavy atom. The zero-order valence-electron chi connectivity index (χ0n) is 19.2. The molecule has 7 nitrogen and oxygen atoms in total. The maximum atomic E-state index is 12.3. The highest BCUT2D eigenvalue weighted by Gasteiger charge is 2.21. The Morgan fingerprint density at radius 3 is 2.17 bits per heavy atom. The zero-order chi connectivity index (χ0) is 22.2. The van der Waals surface area contributed by atoms with Gasteiger partial charge >= 0.3 is 0 Å². The summed E-state index contributed by atoms with van der Waals surface area (Å²) in [4.78, 5) is 12.3. The standard InChI is InChI=1S/C23H35N5O2/c1-7-22(3,4)15-30-16-23(5,6)12-13-24-20(29)14-18-8-10-19(11-9-18)21-27-25-17(2)26-28-21/h8-11H,7,12-16H2,1-6H3,(H,24,29). The highest BCUT2D eigenvalue weighted by Crippen LogP contribution is 2.24. The highest BCUT2D eigenvalue weighted by molar-refractivity contribution is 5.78. The summed E-state index contributed by atoms with van der Waals surface area (Å²) in [5.41, 5.74) is 1.99. The van der Waals surface area contributed by atoms with Gasteiger partial charge in [-0.2, -0.15) is 0 Å². The third-order valence-electron chi connectivity index (χ3n) is 5.22. The molecule has 0 saturated heterocycles. The van der Waals surface area contributed by atoms with Gasteiger partial charge in [0.1, 0.15) is 0 Å². The van der Waals surface area contributed by atoms with Gasteiger partial charge in [0.2, 0.25) is 11.7 Å². The quantitative estimate of drug-likeness (QED) is 0.603. The second kappa shape index (κ2) is 10.6. The van der Waals surface area contributed by atoms with Crippen LogP contribution in [0.1, 0.15) is 58.8 Å². The number of hydrogen-bond donors (Lipinski definition) is 1. The van der Waals surface area contributed by atoms with Crippen LogP contribution in [0.4, 0.5) is 0 Å². The molecule has 1 aromatic heterocycles. The molecular weight excluding hydrogens is 378 g/mol. The molecule has 0 bridgehead atoms. The van der Waals surface area contributed by atoms with Gasteiger partial charge in [-0.3, -0.25) is 4.79 Å². The second-order valence-electron chi connectivity index (χ2n) is 9.42. The SMILES string of the molecule is CCC(C)(C)COCC(C)(C)CCNC(=O)Cc1ccc(-c2nnc(C)nn2)cc1. The van der Waals surface area contributed by atoms with E-state index in [1.165, 1.54) is 0 Å². The van der Waals surface area contributed by atoms with E-state index in [4.69, 9.17) is 4.74 Å². The molecule has 7 heteroatoms. The van der Waals surface area contributed by atoms with Crippen molar-refractivity contribution in [1.82, 2.24) is 25.7 Å². The summed E-state index contributed by atoms with van der Waals surface area (Å²) < 4.78 is 5.93. The van der Waals surface area contributed by atoms with Gasteiger partial charge in [0.15, 0.2) is 5.82 Å². The maximum absolute atomic E-state index is 12.3. The first-order chi connectivity index (χ1) is 14.1. The van der Waals surface area contributed by atoms with Crippen LogP contribution >= 0.6 is 0 Å². The minimum atomic E-state index is 0.0153. The van der Waals surface area contributed by atoms with Gasteiger partial charge in [-0.15, -0.1) is 20.4 Å². The largest absolute Gasteiger partial charge is 0.380 e. The lowest BCUT2D eigenvalue weighted by molar-refractivity contribution is -0.120. The third-order valence-corrected chi connectivity index (χ3v) is 5.22. The molecule has 1 amide bonds. The Kier molecular flexibility index (Phi) is 8.41. The van der Waals surface area contributed by atoms with Crippen molar-refractivity contribution in [3.05, 3.63) is 35.7 Å². The lowest BCUT2D eigenvalue weighted by Gasteiger charge is -2.28. The third kappa shape index (κ3) is 8.14. The lowest BCUT2D eigenvalue weighted by Crippen LogP contribution is -2.32. The number of aryl methyl sites for hydroxylation is 1. The number of ether oxygens (including phenoxy) is 1. The van der Waals surface area contributed by atoms with E-state index in [1.807, 2.05) is 24.3 Å². The van der Waals surface area contributed by atoms with Gasteiger partial charge in [-0.05, 0) is 36.2 Å². The molecule has 2 rings (SSSR count). The van der Waals surface area contributed by atoms with Crippen LogP contribution in [0, 0.1) is 17.8 Å². The fourth-order valence-electron chi connectivity index (χ4n) is 2.73. The van der Waals surface area contributed by atoms with Crippen LogP contribution in [-0.2, 0) is 16.0 Å². The molecule has 0 atom stereocenters. The average molecular weight is 414 g/mol. The Morgan fingerprint density at radius 1 is 0.967 bits per heavy atom. The first-order valence-corrected chi connectivity index (χ1v) is 10.6. The maximum Gasteiger partial charge on any atom is 0.224 e. The topological polar surface area (TPSA) is 89.9 Å². The number of nitrogens with one attached hydrogen (secondary N) is 1. The van der Waals surface area contributed by atoms with Crippen LogP contribution in [0.25, 0.3) is 11.4 Å². The molecule has 0 spiro atoms. The van der Waals surface area contributed by atoms with Crippen LogP contribution in [0.15, 0.2) is 24.3 Å². The van der Waals surface area contributed by atoms with Gasteiger partial charge in [-0.1, -0.05) is 58.9 Å². The molecule has 0 saturated carbocycles. The van der Waals surface area contributed by atoms with Crippen LogP contribution in [0.3, 0.4) is 0 Å². The monoisotopic (exact) mass is 413 g/mol. The summed E-state index contributed by atoms with van der Waals surface area (Å²) in [6, 6.07) is 7.58. The Balaban J connectivity index is 1.74. The summed E-state index contributed by atoms with van der Waals surface area (Å²) in [5.74, 6) is 1.02. The molecule has 1 heterocycles. The van der Waals surface area contributed by atoms with Crippen molar-refractivity contribution < 1.29 is 9.53 Å². The van der Waals surface area contributed by atoms with Crippen LogP contribution in [0.2, 0.25) is 0 Å². The molecule has 2 aromatic rings. The van der Waals surface area contributed by atoms with E-state index in [9.17, 15) is 4.79 Å². The van der Waals surface area contributed by atoms with Gasteiger partial charge in [-0.25, -0.2) is 0 Å². The molecule has 0 radical (unpaired) electrons. The number of rotatable bonds is 11. The smallest absolute Gasteiger partial charge is 0.224 e. The molecule has 0 fully saturated rings. The number of carbonyl (C=O) groups is 1. The van der Waals surface area contributed by atoms with Crippen molar-refractivity contribution in [3.8, 4) is 11.4 Å². The summed E-state index contributed by atoms with van der Waals surface area (Å²) in [7, 11) is 0. The van der Waals surface area contributed by atoms with Gasteiger partial charge < -0.3 is 10.1 Å². The molecule has 0 aliphatic heterocycles. The Labute approximate surface area is 180 Å². The van der Waals surface area contributed by atoms with Crippen LogP contribution in [-0.4, -0.2) is 46.1 Å². The Hall–Kier alpha value is -2.41. The minimum absolute atomic E-state index is 0.0153. The summed E-state index contributed by atoms with van der Waals surface area (Å²) in [5, 5.41) is 18.9. The predicted molar refractivity (Wildman–Crippen MR) is 118 cm³/mol. The van der Waals surface area contributed by atoms with E-state index >= 15 is 0 Å². The van der Waals surface area contributed by atoms with Crippen molar-refractivity contribution in [3.63, 3.8) is 0 Å². The molecule has 164 valence electrons. The molecular formula is C23H35N5O2. The summed E-state index contributed by atoms with van der Waals surface area (Å²) >= 11 is 0. The van der Waals surface area contributed by atoms with Crippen molar-refractivity contribution >= 4 is 5.91 Å². The van der Waals surface area contributed by atoms with E-state index < -0.39 is 0 Å². The van der Waals surface area contributed by atoms with Crippen molar-refractivity contribution in [2.24, 2.45) is 10.8 Å². The molecule has 1 N–H and O–H groups in total. The lowest BCUT2D eigenvalue weighted by atomic mass is 9.89. The predicted octanol–water partition coefficient (Wildman–Crippen LogP) is 3.77. The number of nitrogens with zero attached hydrogens (tertiary/aromatic N) is 4. The normalized spacial score (nSPS) is 12.1. The summed E-state index contributed by atoms with van der Waals surface area (Å²) in [6.45, 7) is 14.8. The van der Waals surface area contributed by atoms with E-state index in [1.54, 1.807) is 6.92 Å². The molecule has 0 aliphatic carbocycles. The van der Waals surface area contributed by atoms with E-state index in [-0.39, 0.29) is 16.7 Å². The minimum Gasteiger partial charge on any atom is -0.380 e. The van der Waals surface area contributed by atoms with Gasteiger partial charge in [0, 0.05) is 12.1 Å². The number of aromatic nitrogens is 4. The van der Waals surface area contributed by atoms with Crippen molar-refractivity contribution in [2.45, 2.75) is 60.8 Å². The van der Waals surface area contributed by atoms with Gasteiger partial charge in [0.05, 0.1) is 19.6 Å². The van der Waals surface area contributed by atoms with Crippen LogP contribution < -0.4 is 5.32 Å². The first kappa shape index (κ1) is 23.9. The second-order valence-corrected chi connectivity index (χ2v) is 9.42. The van der Waals surface area contributed by atoms with E-state index in [2.05, 4.69) is 60.3 Å². The van der Waals surface area contributed by atoms with E-state index in [0.29, 0.717) is 31.2 Å². The Bertz CT molecular complexity index is 801. The van der Waals surface area contributed by atoms with Crippen LogP contribution in [0.5, 0.6) is 0 Å². The number of hydrogen-bond acceptors (Lipinski definition) is 6. The highest BCUT2D eigenvalue weighted by atomic mass is 16.5. The molecule has 1 aromatic carbocycles. The summed E-state index contributed by atoms with van der Waals surface area (Å²) in [6.07, 6.45) is 2.30.